The molecule has 1 aliphatic carbocycles. The third-order valence-electron chi connectivity index (χ3n) is 6.73. The lowest BCUT2D eigenvalue weighted by atomic mass is 9.87. The summed E-state index contributed by atoms with van der Waals surface area (Å²) in [6, 6.07) is 16.7. The summed E-state index contributed by atoms with van der Waals surface area (Å²) in [6.07, 6.45) is 2.65. The summed E-state index contributed by atoms with van der Waals surface area (Å²) in [5.74, 6) is -2.70. The van der Waals surface area contributed by atoms with E-state index in [1.165, 1.54) is 0 Å². The summed E-state index contributed by atoms with van der Waals surface area (Å²) in [6.45, 7) is -0.403. The second-order valence-corrected chi connectivity index (χ2v) is 10.4. The predicted molar refractivity (Wildman–Crippen MR) is 159 cm³/mol. The number of nitrogens with two attached hydrogens (primary N) is 1. The maximum absolute atomic E-state index is 12.9. The van der Waals surface area contributed by atoms with Gasteiger partial charge in [0.1, 0.15) is 6.04 Å². The van der Waals surface area contributed by atoms with Crippen LogP contribution in [0.5, 0.6) is 0 Å². The molecular weight excluding hydrogens is 567 g/mol. The number of guanidine groups is 1. The van der Waals surface area contributed by atoms with Crippen LogP contribution < -0.4 is 27.0 Å². The van der Waals surface area contributed by atoms with Crippen molar-refractivity contribution < 1.29 is 19.5 Å². The summed E-state index contributed by atoms with van der Waals surface area (Å²) >= 11 is 12.7. The predicted octanol–water partition coefficient (Wildman–Crippen LogP) is 3.93. The van der Waals surface area contributed by atoms with Gasteiger partial charge < -0.3 is 32.1 Å². The average Bonchev–Trinajstić information content (AvgIpc) is 2.93. The van der Waals surface area contributed by atoms with Gasteiger partial charge in [0, 0.05) is 18.3 Å². The summed E-state index contributed by atoms with van der Waals surface area (Å²) < 4.78 is 0. The Balaban J connectivity index is 1.35. The van der Waals surface area contributed by atoms with E-state index in [-0.39, 0.29) is 40.7 Å². The van der Waals surface area contributed by atoms with Crippen molar-refractivity contribution in [2.75, 3.05) is 18.4 Å². The van der Waals surface area contributed by atoms with E-state index in [0.717, 1.165) is 36.0 Å². The first-order valence-corrected chi connectivity index (χ1v) is 13.7. The maximum Gasteiger partial charge on any atom is 0.328 e. The normalized spacial score (nSPS) is 14.8. The third kappa shape index (κ3) is 7.75. The smallest absolute Gasteiger partial charge is 0.328 e. The highest BCUT2D eigenvalue weighted by Gasteiger charge is 2.25. The summed E-state index contributed by atoms with van der Waals surface area (Å²) in [7, 11) is 0. The molecule has 1 unspecified atom stereocenters. The zero-order valence-corrected chi connectivity index (χ0v) is 23.5. The number of aliphatic carboxylic acids is 1. The SMILES string of the molecule is N=C(N)Nc1ccc2c(c1)C(NCC(=O)NC[C@H](NC(=O)c1c(Cl)cc(-c3ccccc3)cc1Cl)C(=O)O)CCC2. The van der Waals surface area contributed by atoms with Crippen LogP contribution in [-0.4, -0.2) is 48.0 Å². The van der Waals surface area contributed by atoms with Crippen molar-refractivity contribution in [1.82, 2.24) is 16.0 Å². The van der Waals surface area contributed by atoms with Gasteiger partial charge in [-0.2, -0.15) is 0 Å². The topological polar surface area (TPSA) is 169 Å². The lowest BCUT2D eigenvalue weighted by Gasteiger charge is -2.27. The number of hydrogen-bond acceptors (Lipinski definition) is 5. The van der Waals surface area contributed by atoms with E-state index in [2.05, 4.69) is 21.3 Å². The molecule has 0 bridgehead atoms. The van der Waals surface area contributed by atoms with E-state index in [1.54, 1.807) is 12.1 Å². The van der Waals surface area contributed by atoms with Gasteiger partial charge in [0.05, 0.1) is 22.2 Å². The van der Waals surface area contributed by atoms with Gasteiger partial charge in [-0.1, -0.05) is 59.6 Å². The van der Waals surface area contributed by atoms with Crippen LogP contribution in [0, 0.1) is 5.41 Å². The molecule has 41 heavy (non-hydrogen) atoms. The lowest BCUT2D eigenvalue weighted by Crippen LogP contribution is -2.49. The Morgan fingerprint density at radius 1 is 1.02 bits per heavy atom. The number of halogens is 2. The fraction of sp³-hybridized carbons (Fsp3) is 0.241. The van der Waals surface area contributed by atoms with E-state index in [0.29, 0.717) is 11.3 Å². The number of aryl methyl sites for hydroxylation is 1. The second kappa shape index (κ2) is 13.5. The number of hydrogen-bond donors (Lipinski definition) is 7. The molecule has 0 aromatic heterocycles. The Labute approximate surface area is 247 Å². The minimum atomic E-state index is -1.41. The molecule has 1 aliphatic rings. The van der Waals surface area contributed by atoms with Crippen LogP contribution in [0.2, 0.25) is 10.0 Å². The summed E-state index contributed by atoms with van der Waals surface area (Å²) in [5.41, 5.74) is 9.79. The monoisotopic (exact) mass is 596 g/mol. The highest BCUT2D eigenvalue weighted by molar-refractivity contribution is 6.40. The van der Waals surface area contributed by atoms with Crippen LogP contribution in [0.25, 0.3) is 11.1 Å². The van der Waals surface area contributed by atoms with Crippen LogP contribution in [0.3, 0.4) is 0 Å². The lowest BCUT2D eigenvalue weighted by molar-refractivity contribution is -0.139. The molecular formula is C29H30Cl2N6O4. The number of rotatable bonds is 10. The molecule has 0 saturated heterocycles. The van der Waals surface area contributed by atoms with Crippen molar-refractivity contribution in [3.63, 3.8) is 0 Å². The maximum atomic E-state index is 12.9. The van der Waals surface area contributed by atoms with E-state index in [9.17, 15) is 19.5 Å². The van der Waals surface area contributed by atoms with Crippen LogP contribution in [0.15, 0.2) is 60.7 Å². The molecule has 10 nitrogen and oxygen atoms in total. The Bertz CT molecular complexity index is 1440. The standard InChI is InChI=1S/C29H30Cl2N6O4/c30-21-11-18(16-5-2-1-3-6-16)12-22(31)26(21)27(39)37-24(28(40)41)14-35-25(38)15-34-23-8-4-7-17-9-10-19(13-20(17)23)36-29(32)33/h1-3,5-6,9-13,23-24,34H,4,7-8,14-15H2,(H,35,38)(H,37,39)(H,40,41)(H4,32,33,36)/t23?,24-/m0/s1. The first kappa shape index (κ1) is 29.9. The van der Waals surface area contributed by atoms with Gasteiger partial charge in [-0.3, -0.25) is 15.0 Å². The average molecular weight is 598 g/mol. The molecule has 0 radical (unpaired) electrons. The van der Waals surface area contributed by atoms with E-state index in [1.807, 2.05) is 48.5 Å². The Morgan fingerprint density at radius 2 is 1.73 bits per heavy atom. The van der Waals surface area contributed by atoms with Crippen LogP contribution in [-0.2, 0) is 16.0 Å². The Kier molecular flexibility index (Phi) is 9.82. The number of carbonyl (C=O) groups excluding carboxylic acids is 2. The number of carbonyl (C=O) groups is 3. The van der Waals surface area contributed by atoms with Crippen LogP contribution in [0.1, 0.15) is 40.4 Å². The molecule has 0 spiro atoms. The molecule has 0 fully saturated rings. The van der Waals surface area contributed by atoms with Crippen LogP contribution in [0.4, 0.5) is 5.69 Å². The van der Waals surface area contributed by atoms with Gasteiger partial charge in [0.2, 0.25) is 5.91 Å². The molecule has 8 N–H and O–H groups in total. The fourth-order valence-corrected chi connectivity index (χ4v) is 5.42. The van der Waals surface area contributed by atoms with Crippen molar-refractivity contribution in [1.29, 1.82) is 5.41 Å². The molecule has 3 aromatic rings. The van der Waals surface area contributed by atoms with E-state index >= 15 is 0 Å². The summed E-state index contributed by atoms with van der Waals surface area (Å²) in [4.78, 5) is 37.4. The molecule has 2 atom stereocenters. The Morgan fingerprint density at radius 3 is 2.39 bits per heavy atom. The van der Waals surface area contributed by atoms with Gasteiger partial charge in [-0.25, -0.2) is 4.79 Å². The van der Waals surface area contributed by atoms with Gasteiger partial charge in [0.15, 0.2) is 5.96 Å². The number of anilines is 1. The van der Waals surface area contributed by atoms with Crippen molar-refractivity contribution >= 4 is 52.6 Å². The van der Waals surface area contributed by atoms with E-state index < -0.39 is 23.8 Å². The number of carboxylic acid groups (broad SMARTS) is 1. The molecule has 0 saturated carbocycles. The molecule has 214 valence electrons. The minimum Gasteiger partial charge on any atom is -0.480 e. The Hall–Kier alpha value is -4.12. The quantitative estimate of drug-likeness (QED) is 0.137. The highest BCUT2D eigenvalue weighted by atomic mass is 35.5. The zero-order chi connectivity index (χ0) is 29.5. The molecule has 2 amide bonds. The van der Waals surface area contributed by atoms with Crippen molar-refractivity contribution in [2.24, 2.45) is 5.73 Å². The van der Waals surface area contributed by atoms with Gasteiger partial charge >= 0.3 is 5.97 Å². The van der Waals surface area contributed by atoms with Crippen molar-refractivity contribution in [3.8, 4) is 11.1 Å². The van der Waals surface area contributed by atoms with Gasteiger partial charge in [0.25, 0.3) is 5.91 Å². The molecule has 4 rings (SSSR count). The van der Waals surface area contributed by atoms with Gasteiger partial charge in [-0.05, 0) is 65.8 Å². The number of amides is 2. The first-order valence-electron chi connectivity index (χ1n) is 12.9. The van der Waals surface area contributed by atoms with Crippen molar-refractivity contribution in [3.05, 3.63) is 87.4 Å². The first-order chi connectivity index (χ1) is 19.6. The largest absolute Gasteiger partial charge is 0.480 e. The number of fused-ring (bicyclic) bond motifs is 1. The summed E-state index contributed by atoms with van der Waals surface area (Å²) in [5, 5.41) is 28.2. The van der Waals surface area contributed by atoms with Gasteiger partial charge in [-0.15, -0.1) is 0 Å². The fourth-order valence-electron chi connectivity index (χ4n) is 4.76. The molecule has 3 aromatic carbocycles. The molecule has 12 heteroatoms. The number of carboxylic acids is 1. The molecule has 0 heterocycles. The number of benzene rings is 3. The molecule has 0 aliphatic heterocycles. The zero-order valence-electron chi connectivity index (χ0n) is 22.0. The van der Waals surface area contributed by atoms with E-state index in [4.69, 9.17) is 34.3 Å². The van der Waals surface area contributed by atoms with Crippen molar-refractivity contribution in [2.45, 2.75) is 31.3 Å². The van der Waals surface area contributed by atoms with Crippen LogP contribution >= 0.6 is 23.2 Å². The highest BCUT2D eigenvalue weighted by Crippen LogP contribution is 2.33. The second-order valence-electron chi connectivity index (χ2n) is 9.63. The number of nitrogens with one attached hydrogen (secondary N) is 5. The third-order valence-corrected chi connectivity index (χ3v) is 7.33. The minimum absolute atomic E-state index is 0.0538.